The van der Waals surface area contributed by atoms with Crippen molar-refractivity contribution in [2.45, 2.75) is 42.7 Å². The fourth-order valence-corrected chi connectivity index (χ4v) is 5.95. The molecule has 1 aliphatic carbocycles. The van der Waals surface area contributed by atoms with Crippen LogP contribution in [0.3, 0.4) is 0 Å². The lowest BCUT2D eigenvalue weighted by Crippen LogP contribution is -2.49. The summed E-state index contributed by atoms with van der Waals surface area (Å²) < 4.78 is 34.5. The number of amides is 1. The molecule has 6 nitrogen and oxygen atoms in total. The van der Waals surface area contributed by atoms with E-state index in [1.807, 2.05) is 48.5 Å². The number of sulfonamides is 1. The van der Waals surface area contributed by atoms with Crippen LogP contribution in [0.2, 0.25) is 5.02 Å². The van der Waals surface area contributed by atoms with Gasteiger partial charge in [0.1, 0.15) is 16.7 Å². The van der Waals surface area contributed by atoms with E-state index in [0.29, 0.717) is 0 Å². The molecule has 1 amide bonds. The molecule has 0 aromatic heterocycles. The molecule has 0 unspecified atom stereocenters. The molecule has 3 aromatic carbocycles. The number of benzene rings is 3. The van der Waals surface area contributed by atoms with Crippen molar-refractivity contribution in [3.05, 3.63) is 94.5 Å². The van der Waals surface area contributed by atoms with Crippen LogP contribution in [0.15, 0.2) is 77.7 Å². The first kappa shape index (κ1) is 24.3. The summed E-state index contributed by atoms with van der Waals surface area (Å²) in [6.45, 7) is 0. The molecule has 0 bridgehead atoms. The quantitative estimate of drug-likeness (QED) is 0.481. The fourth-order valence-electron chi connectivity index (χ4n) is 4.33. The molecule has 0 radical (unpaired) electrons. The van der Waals surface area contributed by atoms with E-state index in [-0.39, 0.29) is 34.0 Å². The van der Waals surface area contributed by atoms with Gasteiger partial charge >= 0.3 is 0 Å². The van der Waals surface area contributed by atoms with E-state index < -0.39 is 16.1 Å². The van der Waals surface area contributed by atoms with Crippen molar-refractivity contribution in [2.24, 2.45) is 0 Å². The molecule has 0 spiro atoms. The molecule has 0 saturated heterocycles. The third kappa shape index (κ3) is 5.60. The minimum atomic E-state index is -4.11. The lowest BCUT2D eigenvalue weighted by Gasteiger charge is -2.28. The molecule has 1 aliphatic rings. The van der Waals surface area contributed by atoms with Crippen molar-refractivity contribution >= 4 is 27.5 Å². The number of fused-ring (bicyclic) bond motifs is 1. The summed E-state index contributed by atoms with van der Waals surface area (Å²) in [6, 6.07) is 20.5. The maximum atomic E-state index is 13.5. The highest BCUT2D eigenvalue weighted by molar-refractivity contribution is 7.89. The van der Waals surface area contributed by atoms with Crippen LogP contribution >= 0.6 is 11.6 Å². The van der Waals surface area contributed by atoms with Crippen molar-refractivity contribution in [1.29, 1.82) is 0 Å². The summed E-state index contributed by atoms with van der Waals surface area (Å²) in [5.74, 6) is -0.230. The first-order valence-corrected chi connectivity index (χ1v) is 13.0. The predicted molar refractivity (Wildman–Crippen MR) is 133 cm³/mol. The molecule has 2 N–H and O–H groups in total. The number of rotatable bonds is 8. The van der Waals surface area contributed by atoms with Crippen LogP contribution in [0.5, 0.6) is 5.75 Å². The summed E-state index contributed by atoms with van der Waals surface area (Å²) in [4.78, 5) is 13.3. The van der Waals surface area contributed by atoms with Gasteiger partial charge in [0.2, 0.25) is 15.9 Å². The number of aryl methyl sites for hydroxylation is 1. The van der Waals surface area contributed by atoms with E-state index in [4.69, 9.17) is 16.3 Å². The highest BCUT2D eigenvalue weighted by Gasteiger charge is 2.31. The van der Waals surface area contributed by atoms with E-state index in [0.717, 1.165) is 30.4 Å². The highest BCUT2D eigenvalue weighted by atomic mass is 35.5. The van der Waals surface area contributed by atoms with Crippen molar-refractivity contribution < 1.29 is 17.9 Å². The largest absolute Gasteiger partial charge is 0.495 e. The molecular weight excluding hydrogens is 472 g/mol. The average molecular weight is 499 g/mol. The van der Waals surface area contributed by atoms with Crippen LogP contribution in [0.25, 0.3) is 0 Å². The van der Waals surface area contributed by atoms with Crippen LogP contribution in [0, 0.1) is 0 Å². The number of hydrogen-bond donors (Lipinski definition) is 2. The summed E-state index contributed by atoms with van der Waals surface area (Å²) >= 11 is 6.06. The standard InChI is InChI=1S/C26H27ClN2O4S/c1-33-24-15-14-20(27)17-25(24)34(31,32)29-23(16-18-8-3-2-4-9-18)26(30)28-22-13-7-11-19-10-5-6-12-21(19)22/h2-6,8-10,12,14-15,17,22-23,29H,7,11,13,16H2,1H3,(H,28,30)/t22-,23+/m1/s1. The Labute approximate surface area is 205 Å². The van der Waals surface area contributed by atoms with E-state index in [2.05, 4.69) is 16.1 Å². The molecule has 2 atom stereocenters. The van der Waals surface area contributed by atoms with Gasteiger partial charge in [-0.2, -0.15) is 4.72 Å². The zero-order chi connectivity index (χ0) is 24.1. The molecule has 0 saturated carbocycles. The molecule has 3 aromatic rings. The first-order chi connectivity index (χ1) is 16.4. The number of methoxy groups -OCH3 is 1. The molecule has 0 aliphatic heterocycles. The van der Waals surface area contributed by atoms with Crippen molar-refractivity contribution in [3.63, 3.8) is 0 Å². The van der Waals surface area contributed by atoms with Crippen LogP contribution in [0.1, 0.15) is 35.6 Å². The SMILES string of the molecule is COc1ccc(Cl)cc1S(=O)(=O)N[C@@H](Cc1ccccc1)C(=O)N[C@@H]1CCCc2ccccc21. The van der Waals surface area contributed by atoms with Gasteiger partial charge in [-0.25, -0.2) is 8.42 Å². The van der Waals surface area contributed by atoms with Gasteiger partial charge in [-0.05, 0) is 60.6 Å². The third-order valence-electron chi connectivity index (χ3n) is 6.00. The van der Waals surface area contributed by atoms with E-state index >= 15 is 0 Å². The Balaban J connectivity index is 1.62. The first-order valence-electron chi connectivity index (χ1n) is 11.2. The van der Waals surface area contributed by atoms with Crippen molar-refractivity contribution in [2.75, 3.05) is 7.11 Å². The van der Waals surface area contributed by atoms with E-state index in [9.17, 15) is 13.2 Å². The Morgan fingerprint density at radius 1 is 1.09 bits per heavy atom. The molecule has 34 heavy (non-hydrogen) atoms. The topological polar surface area (TPSA) is 84.5 Å². The Morgan fingerprint density at radius 3 is 2.59 bits per heavy atom. The summed E-state index contributed by atoms with van der Waals surface area (Å²) in [5, 5.41) is 3.34. The predicted octanol–water partition coefficient (Wildman–Crippen LogP) is 4.43. The number of nitrogens with one attached hydrogen (secondary N) is 2. The van der Waals surface area contributed by atoms with Crippen LogP contribution < -0.4 is 14.8 Å². The molecular formula is C26H27ClN2O4S. The van der Waals surface area contributed by atoms with Gasteiger partial charge in [-0.3, -0.25) is 4.79 Å². The lowest BCUT2D eigenvalue weighted by atomic mass is 9.87. The Kier molecular flexibility index (Phi) is 7.56. The molecule has 8 heteroatoms. The van der Waals surface area contributed by atoms with Gasteiger partial charge in [0, 0.05) is 5.02 Å². The average Bonchev–Trinajstić information content (AvgIpc) is 2.84. The molecule has 178 valence electrons. The van der Waals surface area contributed by atoms with E-state index in [1.165, 1.54) is 24.8 Å². The summed E-state index contributed by atoms with van der Waals surface area (Å²) in [6.07, 6.45) is 2.92. The third-order valence-corrected chi connectivity index (χ3v) is 7.73. The number of carbonyl (C=O) groups excluding carboxylic acids is 1. The Hall–Kier alpha value is -2.87. The highest BCUT2D eigenvalue weighted by Crippen LogP contribution is 2.30. The van der Waals surface area contributed by atoms with Gasteiger partial charge < -0.3 is 10.1 Å². The van der Waals surface area contributed by atoms with Gasteiger partial charge in [-0.15, -0.1) is 0 Å². The second-order valence-corrected chi connectivity index (χ2v) is 10.4. The zero-order valence-electron chi connectivity index (χ0n) is 18.8. The fraction of sp³-hybridized carbons (Fsp3) is 0.269. The van der Waals surface area contributed by atoms with Crippen LogP contribution in [0.4, 0.5) is 0 Å². The van der Waals surface area contributed by atoms with E-state index in [1.54, 1.807) is 6.07 Å². The molecule has 0 heterocycles. The summed E-state index contributed by atoms with van der Waals surface area (Å²) in [7, 11) is -2.73. The van der Waals surface area contributed by atoms with Crippen LogP contribution in [-0.2, 0) is 27.7 Å². The minimum Gasteiger partial charge on any atom is -0.495 e. The monoisotopic (exact) mass is 498 g/mol. The van der Waals surface area contributed by atoms with Gasteiger partial charge in [0.15, 0.2) is 0 Å². The smallest absolute Gasteiger partial charge is 0.245 e. The zero-order valence-corrected chi connectivity index (χ0v) is 20.4. The molecule has 4 rings (SSSR count). The number of halogens is 1. The second-order valence-electron chi connectivity index (χ2n) is 8.31. The summed E-state index contributed by atoms with van der Waals surface area (Å²) in [5.41, 5.74) is 3.13. The Bertz CT molecular complexity index is 1260. The van der Waals surface area contributed by atoms with Crippen molar-refractivity contribution in [3.8, 4) is 5.75 Å². The normalized spacial score (nSPS) is 16.4. The van der Waals surface area contributed by atoms with Crippen molar-refractivity contribution in [1.82, 2.24) is 10.0 Å². The number of ether oxygens (including phenoxy) is 1. The maximum Gasteiger partial charge on any atom is 0.245 e. The van der Waals surface area contributed by atoms with Gasteiger partial charge in [0.25, 0.3) is 0 Å². The lowest BCUT2D eigenvalue weighted by molar-refractivity contribution is -0.123. The maximum absolute atomic E-state index is 13.5. The van der Waals surface area contributed by atoms with Crippen LogP contribution in [-0.4, -0.2) is 27.5 Å². The Morgan fingerprint density at radius 2 is 1.82 bits per heavy atom. The second kappa shape index (κ2) is 10.6. The molecule has 0 fully saturated rings. The minimum absolute atomic E-state index is 0.114. The van der Waals surface area contributed by atoms with Gasteiger partial charge in [0.05, 0.1) is 13.2 Å². The van der Waals surface area contributed by atoms with Gasteiger partial charge in [-0.1, -0.05) is 66.2 Å². The number of hydrogen-bond acceptors (Lipinski definition) is 4. The number of carbonyl (C=O) groups is 1.